The number of β-lactam (4-membered cyclic amide) rings is 1. The molecule has 2 fully saturated rings. The molecule has 3 atom stereocenters. The van der Waals surface area contributed by atoms with E-state index < -0.39 is 28.6 Å². The quantitative estimate of drug-likeness (QED) is 0.351. The second-order valence-electron chi connectivity index (χ2n) is 4.74. The standard InChI is InChI=1S/C11H16N4O4S/c1-6(14-15-20-4-8(16)12-5-20)2-3-7-9(11(18)19)13-10(7)17/h7,9H,2-5H2,1H3,(H,12,16)(H,13,17)(H,18,19)/b14-6+. The molecule has 2 heterocycles. The van der Waals surface area contributed by atoms with E-state index in [9.17, 15) is 14.4 Å². The second kappa shape index (κ2) is 6.12. The number of carboxylic acid groups (broad SMARTS) is 1. The number of amides is 2. The summed E-state index contributed by atoms with van der Waals surface area (Å²) in [5, 5.41) is 17.9. The third kappa shape index (κ3) is 3.41. The van der Waals surface area contributed by atoms with Gasteiger partial charge < -0.3 is 15.7 Å². The first-order valence-corrected chi connectivity index (χ1v) is 7.71. The first-order chi connectivity index (χ1) is 9.47. The maximum atomic E-state index is 11.3. The predicted molar refractivity (Wildman–Crippen MR) is 73.1 cm³/mol. The van der Waals surface area contributed by atoms with Crippen molar-refractivity contribution < 1.29 is 19.5 Å². The van der Waals surface area contributed by atoms with E-state index in [1.165, 1.54) is 0 Å². The van der Waals surface area contributed by atoms with Crippen molar-refractivity contribution in [3.05, 3.63) is 0 Å². The van der Waals surface area contributed by atoms with Crippen LogP contribution in [0.15, 0.2) is 9.57 Å². The Morgan fingerprint density at radius 2 is 2.25 bits per heavy atom. The lowest BCUT2D eigenvalue weighted by Crippen LogP contribution is -2.61. The lowest BCUT2D eigenvalue weighted by atomic mass is 9.86. The summed E-state index contributed by atoms with van der Waals surface area (Å²) in [5.74, 6) is -0.833. The van der Waals surface area contributed by atoms with Gasteiger partial charge in [-0.3, -0.25) is 9.59 Å². The van der Waals surface area contributed by atoms with Crippen LogP contribution in [0.1, 0.15) is 19.8 Å². The Morgan fingerprint density at radius 3 is 2.80 bits per heavy atom. The van der Waals surface area contributed by atoms with Crippen LogP contribution in [0, 0.1) is 5.92 Å². The fourth-order valence-corrected chi connectivity index (χ4v) is 3.17. The zero-order valence-corrected chi connectivity index (χ0v) is 11.8. The Bertz CT molecular complexity index is 517. The Labute approximate surface area is 118 Å². The normalized spacial score (nSPS) is 29.9. The second-order valence-corrected chi connectivity index (χ2v) is 6.40. The summed E-state index contributed by atoms with van der Waals surface area (Å²) in [6.07, 6.45) is 0.961. The van der Waals surface area contributed by atoms with Gasteiger partial charge in [-0.05, 0) is 30.5 Å². The van der Waals surface area contributed by atoms with Crippen LogP contribution in [0.3, 0.4) is 0 Å². The predicted octanol–water partition coefficient (Wildman–Crippen LogP) is -0.769. The third-order valence-corrected chi connectivity index (χ3v) is 4.57. The van der Waals surface area contributed by atoms with Crippen LogP contribution in [0.4, 0.5) is 0 Å². The number of hydrogen-bond acceptors (Lipinski definition) is 4. The summed E-state index contributed by atoms with van der Waals surface area (Å²) < 4.78 is 4.08. The molecule has 0 aromatic rings. The van der Waals surface area contributed by atoms with Crippen LogP contribution in [0.25, 0.3) is 0 Å². The van der Waals surface area contributed by atoms with Gasteiger partial charge in [0, 0.05) is 5.71 Å². The number of carboxylic acids is 1. The fourth-order valence-electron chi connectivity index (χ4n) is 1.96. The van der Waals surface area contributed by atoms with Crippen molar-refractivity contribution in [3.63, 3.8) is 0 Å². The third-order valence-electron chi connectivity index (χ3n) is 3.18. The van der Waals surface area contributed by atoms with E-state index in [4.69, 9.17) is 5.11 Å². The van der Waals surface area contributed by atoms with Gasteiger partial charge in [0.15, 0.2) is 0 Å². The van der Waals surface area contributed by atoms with Gasteiger partial charge in [0.2, 0.25) is 11.8 Å². The Balaban J connectivity index is 1.83. The van der Waals surface area contributed by atoms with Crippen LogP contribution in [-0.4, -0.2) is 46.3 Å². The molecule has 2 amide bonds. The molecule has 2 aliphatic heterocycles. The van der Waals surface area contributed by atoms with Crippen LogP contribution in [0.5, 0.6) is 0 Å². The lowest BCUT2D eigenvalue weighted by Gasteiger charge is -2.33. The zero-order valence-electron chi connectivity index (χ0n) is 11.0. The van der Waals surface area contributed by atoms with Crippen molar-refractivity contribution in [2.45, 2.75) is 25.8 Å². The molecule has 0 aromatic carbocycles. The average Bonchev–Trinajstić information content (AvgIpc) is 2.79. The summed E-state index contributed by atoms with van der Waals surface area (Å²) >= 11 is 0. The number of hydrogen-bond donors (Lipinski definition) is 3. The summed E-state index contributed by atoms with van der Waals surface area (Å²) in [5.41, 5.74) is 0.737. The van der Waals surface area contributed by atoms with Gasteiger partial charge in [0.05, 0.1) is 17.5 Å². The van der Waals surface area contributed by atoms with Gasteiger partial charge in [-0.15, -0.1) is 4.47 Å². The smallest absolute Gasteiger partial charge is 0.327 e. The number of nitrogens with one attached hydrogen (secondary N) is 2. The Kier molecular flexibility index (Phi) is 4.48. The minimum atomic E-state index is -1.01. The molecular weight excluding hydrogens is 284 g/mol. The van der Waals surface area contributed by atoms with Crippen molar-refractivity contribution in [2.75, 3.05) is 11.6 Å². The molecule has 8 nitrogen and oxygen atoms in total. The highest BCUT2D eigenvalue weighted by Gasteiger charge is 2.43. The van der Waals surface area contributed by atoms with E-state index in [0.717, 1.165) is 5.71 Å². The molecular formula is C11H16N4O4S. The van der Waals surface area contributed by atoms with Gasteiger partial charge in [-0.1, -0.05) is 0 Å². The highest BCUT2D eigenvalue weighted by molar-refractivity contribution is 7.88. The van der Waals surface area contributed by atoms with Gasteiger partial charge >= 0.3 is 5.97 Å². The largest absolute Gasteiger partial charge is 0.480 e. The molecule has 20 heavy (non-hydrogen) atoms. The molecule has 2 saturated heterocycles. The van der Waals surface area contributed by atoms with Crippen LogP contribution in [0.2, 0.25) is 0 Å². The number of carbonyl (C=O) groups excluding carboxylic acids is 2. The maximum absolute atomic E-state index is 11.3. The highest BCUT2D eigenvalue weighted by Crippen LogP contribution is 2.21. The van der Waals surface area contributed by atoms with E-state index in [2.05, 4.69) is 20.2 Å². The Hall–Kier alpha value is -1.77. The van der Waals surface area contributed by atoms with Crippen molar-refractivity contribution >= 4 is 34.2 Å². The highest BCUT2D eigenvalue weighted by atomic mass is 32.2. The van der Waals surface area contributed by atoms with Crippen molar-refractivity contribution in [1.82, 2.24) is 10.6 Å². The van der Waals surface area contributed by atoms with Crippen molar-refractivity contribution in [1.29, 1.82) is 0 Å². The van der Waals surface area contributed by atoms with Gasteiger partial charge in [-0.2, -0.15) is 5.10 Å². The minimum Gasteiger partial charge on any atom is -0.480 e. The molecule has 9 heteroatoms. The van der Waals surface area contributed by atoms with Crippen molar-refractivity contribution in [2.24, 2.45) is 15.5 Å². The van der Waals surface area contributed by atoms with E-state index >= 15 is 0 Å². The topological polar surface area (TPSA) is 120 Å². The van der Waals surface area contributed by atoms with Crippen LogP contribution >= 0.6 is 0 Å². The SMILES string of the molecule is C/C(CCC1C(=O)NC1C(=O)O)=N\N=S1/CNC(=O)C1. The number of aliphatic carboxylic acids is 1. The molecule has 0 aromatic heterocycles. The van der Waals surface area contributed by atoms with E-state index in [1.54, 1.807) is 6.92 Å². The summed E-state index contributed by atoms with van der Waals surface area (Å²) in [6.45, 7) is 1.78. The van der Waals surface area contributed by atoms with Crippen LogP contribution < -0.4 is 10.6 Å². The first kappa shape index (κ1) is 14.6. The van der Waals surface area contributed by atoms with E-state index in [-0.39, 0.29) is 11.8 Å². The molecule has 0 aliphatic carbocycles. The number of rotatable bonds is 5. The first-order valence-electron chi connectivity index (χ1n) is 6.19. The molecule has 0 saturated carbocycles. The molecule has 2 aliphatic rings. The number of nitrogens with zero attached hydrogens (tertiary/aromatic N) is 2. The molecule has 0 bridgehead atoms. The van der Waals surface area contributed by atoms with E-state index in [1.807, 2.05) is 0 Å². The summed E-state index contributed by atoms with van der Waals surface area (Å²) in [6, 6.07) is -0.786. The summed E-state index contributed by atoms with van der Waals surface area (Å²) in [4.78, 5) is 33.1. The molecule has 110 valence electrons. The maximum Gasteiger partial charge on any atom is 0.327 e. The van der Waals surface area contributed by atoms with Gasteiger partial charge in [0.25, 0.3) is 0 Å². The van der Waals surface area contributed by atoms with Gasteiger partial charge in [-0.25, -0.2) is 4.79 Å². The average molecular weight is 300 g/mol. The number of carbonyl (C=O) groups is 3. The molecule has 2 rings (SSSR count). The van der Waals surface area contributed by atoms with E-state index in [0.29, 0.717) is 24.5 Å². The molecule has 0 spiro atoms. The summed E-state index contributed by atoms with van der Waals surface area (Å²) in [7, 11) is -0.398. The van der Waals surface area contributed by atoms with Crippen molar-refractivity contribution in [3.8, 4) is 0 Å². The fraction of sp³-hybridized carbons (Fsp3) is 0.636. The lowest BCUT2D eigenvalue weighted by molar-refractivity contribution is -0.153. The molecule has 3 unspecified atom stereocenters. The molecule has 0 radical (unpaired) electrons. The van der Waals surface area contributed by atoms with Gasteiger partial charge in [0.1, 0.15) is 6.04 Å². The zero-order chi connectivity index (χ0) is 14.7. The Morgan fingerprint density at radius 1 is 1.50 bits per heavy atom. The van der Waals surface area contributed by atoms with Crippen LogP contribution in [-0.2, 0) is 25.1 Å². The molecule has 3 N–H and O–H groups in total. The monoisotopic (exact) mass is 300 g/mol. The minimum absolute atomic E-state index is 0.0135.